The standard InChI is InChI=1S/C17H14N2O2/c20-17(21)7-6-12-3-1-4-13(9-12)14-10-16-15(19-11-14)5-2-8-18-16/h1-5,8-11H,6-7H2,(H,20,21). The second-order valence-electron chi connectivity index (χ2n) is 4.86. The number of carboxylic acid groups (broad SMARTS) is 1. The molecule has 104 valence electrons. The van der Waals surface area contributed by atoms with E-state index in [0.717, 1.165) is 27.7 Å². The highest BCUT2D eigenvalue weighted by Gasteiger charge is 2.04. The number of benzene rings is 1. The smallest absolute Gasteiger partial charge is 0.303 e. The van der Waals surface area contributed by atoms with Crippen molar-refractivity contribution in [2.24, 2.45) is 0 Å². The summed E-state index contributed by atoms with van der Waals surface area (Å²) in [4.78, 5) is 19.4. The van der Waals surface area contributed by atoms with Gasteiger partial charge in [-0.25, -0.2) is 0 Å². The topological polar surface area (TPSA) is 63.1 Å². The Labute approximate surface area is 122 Å². The van der Waals surface area contributed by atoms with Crippen LogP contribution in [0.5, 0.6) is 0 Å². The van der Waals surface area contributed by atoms with Gasteiger partial charge >= 0.3 is 5.97 Å². The third kappa shape index (κ3) is 3.05. The van der Waals surface area contributed by atoms with Gasteiger partial charge in [-0.05, 0) is 35.7 Å². The van der Waals surface area contributed by atoms with Gasteiger partial charge in [0.15, 0.2) is 0 Å². The van der Waals surface area contributed by atoms with Gasteiger partial charge in [0, 0.05) is 24.4 Å². The molecular formula is C17H14N2O2. The van der Waals surface area contributed by atoms with Gasteiger partial charge in [0.2, 0.25) is 0 Å². The number of carboxylic acids is 1. The van der Waals surface area contributed by atoms with Crippen molar-refractivity contribution in [1.29, 1.82) is 0 Å². The van der Waals surface area contributed by atoms with Crippen molar-refractivity contribution in [3.8, 4) is 11.1 Å². The van der Waals surface area contributed by atoms with Gasteiger partial charge in [0.05, 0.1) is 11.0 Å². The van der Waals surface area contributed by atoms with Crippen LogP contribution in [0, 0.1) is 0 Å². The molecule has 1 N–H and O–H groups in total. The van der Waals surface area contributed by atoms with Gasteiger partial charge in [0.25, 0.3) is 0 Å². The van der Waals surface area contributed by atoms with E-state index in [1.165, 1.54) is 0 Å². The third-order valence-corrected chi connectivity index (χ3v) is 3.34. The molecule has 0 spiro atoms. The molecule has 0 radical (unpaired) electrons. The highest BCUT2D eigenvalue weighted by molar-refractivity contribution is 5.80. The summed E-state index contributed by atoms with van der Waals surface area (Å²) in [5.41, 5.74) is 4.74. The summed E-state index contributed by atoms with van der Waals surface area (Å²) in [6.45, 7) is 0. The number of pyridine rings is 2. The molecule has 0 saturated heterocycles. The largest absolute Gasteiger partial charge is 0.481 e. The van der Waals surface area contributed by atoms with Gasteiger partial charge < -0.3 is 5.11 Å². The minimum Gasteiger partial charge on any atom is -0.481 e. The lowest BCUT2D eigenvalue weighted by molar-refractivity contribution is -0.136. The summed E-state index contributed by atoms with van der Waals surface area (Å²) in [5.74, 6) is -0.781. The van der Waals surface area contributed by atoms with Gasteiger partial charge in [0.1, 0.15) is 0 Å². The van der Waals surface area contributed by atoms with Crippen LogP contribution in [0.4, 0.5) is 0 Å². The molecule has 0 aliphatic heterocycles. The van der Waals surface area contributed by atoms with Crippen LogP contribution in [0.25, 0.3) is 22.2 Å². The van der Waals surface area contributed by atoms with Crippen molar-refractivity contribution >= 4 is 17.0 Å². The van der Waals surface area contributed by atoms with Crippen LogP contribution in [0.15, 0.2) is 54.9 Å². The van der Waals surface area contributed by atoms with Crippen molar-refractivity contribution in [1.82, 2.24) is 9.97 Å². The van der Waals surface area contributed by atoms with Gasteiger partial charge in [-0.2, -0.15) is 0 Å². The monoisotopic (exact) mass is 278 g/mol. The lowest BCUT2D eigenvalue weighted by Gasteiger charge is -2.05. The van der Waals surface area contributed by atoms with Crippen molar-refractivity contribution in [2.45, 2.75) is 12.8 Å². The Morgan fingerprint density at radius 1 is 1.00 bits per heavy atom. The number of carbonyl (C=O) groups is 1. The SMILES string of the molecule is O=C(O)CCc1cccc(-c2cnc3cccnc3c2)c1. The Morgan fingerprint density at radius 2 is 1.90 bits per heavy atom. The molecule has 0 bridgehead atoms. The zero-order chi connectivity index (χ0) is 14.7. The first kappa shape index (κ1) is 13.2. The summed E-state index contributed by atoms with van der Waals surface area (Å²) >= 11 is 0. The van der Waals surface area contributed by atoms with E-state index in [2.05, 4.69) is 9.97 Å². The molecule has 0 aliphatic rings. The maximum Gasteiger partial charge on any atom is 0.303 e. The Balaban J connectivity index is 1.94. The first-order chi connectivity index (χ1) is 10.2. The molecule has 0 unspecified atom stereocenters. The zero-order valence-electron chi connectivity index (χ0n) is 11.4. The second kappa shape index (κ2) is 5.71. The minimum atomic E-state index is -0.781. The summed E-state index contributed by atoms with van der Waals surface area (Å²) in [5, 5.41) is 8.76. The highest BCUT2D eigenvalue weighted by atomic mass is 16.4. The van der Waals surface area contributed by atoms with E-state index in [9.17, 15) is 4.79 Å². The van der Waals surface area contributed by atoms with Crippen LogP contribution >= 0.6 is 0 Å². The fourth-order valence-corrected chi connectivity index (χ4v) is 2.27. The first-order valence-corrected chi connectivity index (χ1v) is 6.74. The number of aromatic nitrogens is 2. The van der Waals surface area contributed by atoms with Gasteiger partial charge in [-0.3, -0.25) is 14.8 Å². The van der Waals surface area contributed by atoms with E-state index in [1.807, 2.05) is 48.7 Å². The van der Waals surface area contributed by atoms with Gasteiger partial charge in [-0.15, -0.1) is 0 Å². The molecule has 4 heteroatoms. The molecule has 0 fully saturated rings. The molecule has 21 heavy (non-hydrogen) atoms. The maximum atomic E-state index is 10.7. The average molecular weight is 278 g/mol. The van der Waals surface area contributed by atoms with Crippen molar-refractivity contribution in [2.75, 3.05) is 0 Å². The molecule has 2 heterocycles. The molecule has 1 aromatic carbocycles. The number of nitrogens with zero attached hydrogens (tertiary/aromatic N) is 2. The molecular weight excluding hydrogens is 264 g/mol. The number of hydrogen-bond donors (Lipinski definition) is 1. The maximum absolute atomic E-state index is 10.7. The molecule has 0 atom stereocenters. The Bertz CT molecular complexity index is 799. The number of hydrogen-bond acceptors (Lipinski definition) is 3. The van der Waals surface area contributed by atoms with E-state index in [4.69, 9.17) is 5.11 Å². The Hall–Kier alpha value is -2.75. The zero-order valence-corrected chi connectivity index (χ0v) is 11.4. The second-order valence-corrected chi connectivity index (χ2v) is 4.86. The van der Waals surface area contributed by atoms with E-state index in [0.29, 0.717) is 6.42 Å². The molecule has 2 aromatic heterocycles. The fraction of sp³-hybridized carbons (Fsp3) is 0.118. The van der Waals surface area contributed by atoms with E-state index in [-0.39, 0.29) is 6.42 Å². The summed E-state index contributed by atoms with van der Waals surface area (Å²) in [6.07, 6.45) is 4.24. The van der Waals surface area contributed by atoms with Crippen LogP contribution in [-0.4, -0.2) is 21.0 Å². The Kier molecular flexibility index (Phi) is 3.60. The van der Waals surface area contributed by atoms with Crippen LogP contribution in [0.1, 0.15) is 12.0 Å². The molecule has 0 saturated carbocycles. The molecule has 0 amide bonds. The number of rotatable bonds is 4. The van der Waals surface area contributed by atoms with E-state index >= 15 is 0 Å². The summed E-state index contributed by atoms with van der Waals surface area (Å²) in [7, 11) is 0. The predicted octanol–water partition coefficient (Wildman–Crippen LogP) is 3.31. The highest BCUT2D eigenvalue weighted by Crippen LogP contribution is 2.23. The van der Waals surface area contributed by atoms with Crippen molar-refractivity contribution in [3.63, 3.8) is 0 Å². The molecule has 3 rings (SSSR count). The van der Waals surface area contributed by atoms with Crippen LogP contribution in [0.2, 0.25) is 0 Å². The van der Waals surface area contributed by atoms with Gasteiger partial charge in [-0.1, -0.05) is 24.3 Å². The summed E-state index contributed by atoms with van der Waals surface area (Å²) < 4.78 is 0. The fourth-order valence-electron chi connectivity index (χ4n) is 2.27. The number of fused-ring (bicyclic) bond motifs is 1. The van der Waals surface area contributed by atoms with Crippen LogP contribution < -0.4 is 0 Å². The Morgan fingerprint density at radius 3 is 2.76 bits per heavy atom. The predicted molar refractivity (Wildman–Crippen MR) is 80.9 cm³/mol. The average Bonchev–Trinajstić information content (AvgIpc) is 2.53. The van der Waals surface area contributed by atoms with E-state index in [1.54, 1.807) is 6.20 Å². The number of aliphatic carboxylic acids is 1. The van der Waals surface area contributed by atoms with E-state index < -0.39 is 5.97 Å². The number of aryl methyl sites for hydroxylation is 1. The first-order valence-electron chi connectivity index (χ1n) is 6.74. The normalized spacial score (nSPS) is 10.7. The third-order valence-electron chi connectivity index (χ3n) is 3.34. The summed E-state index contributed by atoms with van der Waals surface area (Å²) in [6, 6.07) is 13.7. The minimum absolute atomic E-state index is 0.140. The lowest BCUT2D eigenvalue weighted by Crippen LogP contribution is -1.97. The van der Waals surface area contributed by atoms with Crippen LogP contribution in [0.3, 0.4) is 0 Å². The molecule has 0 aliphatic carbocycles. The van der Waals surface area contributed by atoms with Crippen molar-refractivity contribution in [3.05, 3.63) is 60.4 Å². The van der Waals surface area contributed by atoms with Crippen molar-refractivity contribution < 1.29 is 9.90 Å². The molecule has 4 nitrogen and oxygen atoms in total. The quantitative estimate of drug-likeness (QED) is 0.795. The van der Waals surface area contributed by atoms with Crippen LogP contribution in [-0.2, 0) is 11.2 Å². The lowest BCUT2D eigenvalue weighted by atomic mass is 10.0. The molecule has 3 aromatic rings.